The predicted molar refractivity (Wildman–Crippen MR) is 69.4 cm³/mol. The molecule has 94 valence electrons. The molecule has 4 rings (SSSR count). The highest BCUT2D eigenvalue weighted by atomic mass is 16.1. The highest BCUT2D eigenvalue weighted by Crippen LogP contribution is 2.42. The number of amides is 1. The van der Waals surface area contributed by atoms with E-state index in [2.05, 4.69) is 20.3 Å². The molecular weight excluding hydrogens is 242 g/mol. The molecule has 19 heavy (non-hydrogen) atoms. The molecular formula is C13H11N5O. The molecule has 0 radical (unpaired) electrons. The number of pyridine rings is 1. The van der Waals surface area contributed by atoms with E-state index in [1.807, 2.05) is 4.90 Å². The largest absolute Gasteiger partial charge is 0.317 e. The molecule has 0 spiro atoms. The Labute approximate surface area is 109 Å². The molecule has 0 atom stereocenters. The first kappa shape index (κ1) is 10.4. The molecule has 0 unspecified atom stereocenters. The van der Waals surface area contributed by atoms with E-state index in [1.54, 1.807) is 24.5 Å². The van der Waals surface area contributed by atoms with Crippen molar-refractivity contribution in [2.24, 2.45) is 0 Å². The van der Waals surface area contributed by atoms with Crippen LogP contribution in [0.2, 0.25) is 0 Å². The second kappa shape index (κ2) is 3.74. The van der Waals surface area contributed by atoms with Crippen LogP contribution < -0.4 is 10.2 Å². The lowest BCUT2D eigenvalue weighted by molar-refractivity contribution is 0.102. The maximum absolute atomic E-state index is 12.2. The van der Waals surface area contributed by atoms with Gasteiger partial charge in [0.25, 0.3) is 5.91 Å². The molecule has 1 amide bonds. The Morgan fingerprint density at radius 2 is 2.16 bits per heavy atom. The zero-order valence-electron chi connectivity index (χ0n) is 10.1. The lowest BCUT2D eigenvalue weighted by Gasteiger charge is -2.22. The van der Waals surface area contributed by atoms with Gasteiger partial charge in [-0.3, -0.25) is 4.79 Å². The van der Waals surface area contributed by atoms with Crippen molar-refractivity contribution in [2.75, 3.05) is 10.2 Å². The number of hydrogen-bond acceptors (Lipinski definition) is 5. The Morgan fingerprint density at radius 3 is 3.00 bits per heavy atom. The normalized spacial score (nSPS) is 17.3. The maximum Gasteiger partial charge on any atom is 0.259 e. The van der Waals surface area contributed by atoms with Gasteiger partial charge in [0.15, 0.2) is 5.82 Å². The Balaban J connectivity index is 1.98. The van der Waals surface area contributed by atoms with E-state index in [9.17, 15) is 4.79 Å². The number of hydrogen-bond donors (Lipinski definition) is 1. The van der Waals surface area contributed by atoms with E-state index in [1.165, 1.54) is 6.33 Å². The van der Waals surface area contributed by atoms with Crippen LogP contribution in [0.25, 0.3) is 0 Å². The fourth-order valence-corrected chi connectivity index (χ4v) is 2.34. The van der Waals surface area contributed by atoms with Gasteiger partial charge in [-0.1, -0.05) is 0 Å². The van der Waals surface area contributed by atoms with Crippen molar-refractivity contribution in [1.29, 1.82) is 0 Å². The third-order valence-electron chi connectivity index (χ3n) is 3.34. The summed E-state index contributed by atoms with van der Waals surface area (Å²) in [5, 5.41) is 2.85. The van der Waals surface area contributed by atoms with Crippen LogP contribution in [0.3, 0.4) is 0 Å². The van der Waals surface area contributed by atoms with Crippen LogP contribution >= 0.6 is 0 Å². The van der Waals surface area contributed by atoms with Gasteiger partial charge in [0, 0.05) is 12.2 Å². The fraction of sp³-hybridized carbons (Fsp3) is 0.231. The molecule has 2 aromatic heterocycles. The average molecular weight is 253 g/mol. The predicted octanol–water partition coefficient (Wildman–Crippen LogP) is 1.74. The molecule has 0 saturated heterocycles. The van der Waals surface area contributed by atoms with Gasteiger partial charge in [0.05, 0.1) is 11.8 Å². The van der Waals surface area contributed by atoms with Crippen LogP contribution in [-0.4, -0.2) is 26.9 Å². The SMILES string of the molecule is O=C1Nc2cncnc2N(C2CC2)c2ncccc21. The Hall–Kier alpha value is -2.50. The van der Waals surface area contributed by atoms with Crippen LogP contribution in [0.4, 0.5) is 17.3 Å². The number of aromatic nitrogens is 3. The van der Waals surface area contributed by atoms with E-state index < -0.39 is 0 Å². The van der Waals surface area contributed by atoms with Crippen molar-refractivity contribution in [2.45, 2.75) is 18.9 Å². The summed E-state index contributed by atoms with van der Waals surface area (Å²) < 4.78 is 0. The van der Waals surface area contributed by atoms with Crippen molar-refractivity contribution >= 4 is 23.2 Å². The Bertz CT molecular complexity index is 668. The monoisotopic (exact) mass is 253 g/mol. The van der Waals surface area contributed by atoms with Gasteiger partial charge in [-0.2, -0.15) is 0 Å². The molecule has 3 heterocycles. The molecule has 1 aliphatic heterocycles. The summed E-state index contributed by atoms with van der Waals surface area (Å²) >= 11 is 0. The second-order valence-electron chi connectivity index (χ2n) is 4.69. The topological polar surface area (TPSA) is 71.0 Å². The van der Waals surface area contributed by atoms with Gasteiger partial charge in [0.2, 0.25) is 0 Å². The van der Waals surface area contributed by atoms with Crippen LogP contribution in [0, 0.1) is 0 Å². The van der Waals surface area contributed by atoms with Crippen LogP contribution in [0.5, 0.6) is 0 Å². The molecule has 0 aromatic carbocycles. The third kappa shape index (κ3) is 1.56. The standard InChI is InChI=1S/C13H11N5O/c19-13-9-2-1-5-15-11(9)18(8-3-4-8)12-10(17-13)6-14-7-16-12/h1-2,5-8H,3-4H2,(H,17,19). The summed E-state index contributed by atoms with van der Waals surface area (Å²) in [6.07, 6.45) is 7.00. The zero-order valence-corrected chi connectivity index (χ0v) is 10.1. The summed E-state index contributed by atoms with van der Waals surface area (Å²) in [4.78, 5) is 26.9. The van der Waals surface area contributed by atoms with Gasteiger partial charge >= 0.3 is 0 Å². The van der Waals surface area contributed by atoms with E-state index in [-0.39, 0.29) is 5.91 Å². The third-order valence-corrected chi connectivity index (χ3v) is 3.34. The van der Waals surface area contributed by atoms with Gasteiger partial charge in [-0.05, 0) is 25.0 Å². The lowest BCUT2D eigenvalue weighted by Crippen LogP contribution is -2.22. The molecule has 0 bridgehead atoms. The first-order chi connectivity index (χ1) is 9.34. The maximum atomic E-state index is 12.2. The van der Waals surface area contributed by atoms with E-state index >= 15 is 0 Å². The fourth-order valence-electron chi connectivity index (χ4n) is 2.34. The number of nitrogens with one attached hydrogen (secondary N) is 1. The summed E-state index contributed by atoms with van der Waals surface area (Å²) in [5.41, 5.74) is 1.21. The summed E-state index contributed by atoms with van der Waals surface area (Å²) in [5.74, 6) is 1.24. The summed E-state index contributed by atoms with van der Waals surface area (Å²) in [6, 6.07) is 3.92. The summed E-state index contributed by atoms with van der Waals surface area (Å²) in [7, 11) is 0. The highest BCUT2D eigenvalue weighted by Gasteiger charge is 2.37. The highest BCUT2D eigenvalue weighted by molar-refractivity contribution is 6.11. The summed E-state index contributed by atoms with van der Waals surface area (Å²) in [6.45, 7) is 0. The van der Waals surface area contributed by atoms with Crippen molar-refractivity contribution < 1.29 is 4.79 Å². The van der Waals surface area contributed by atoms with Crippen LogP contribution in [0.15, 0.2) is 30.9 Å². The number of anilines is 3. The number of fused-ring (bicyclic) bond motifs is 2. The van der Waals surface area contributed by atoms with Gasteiger partial charge in [-0.25, -0.2) is 15.0 Å². The number of carbonyl (C=O) groups excluding carboxylic acids is 1. The minimum atomic E-state index is -0.165. The Morgan fingerprint density at radius 1 is 1.26 bits per heavy atom. The van der Waals surface area contributed by atoms with Crippen LogP contribution in [-0.2, 0) is 0 Å². The first-order valence-electron chi connectivity index (χ1n) is 6.20. The smallest absolute Gasteiger partial charge is 0.259 e. The van der Waals surface area contributed by atoms with E-state index in [4.69, 9.17) is 0 Å². The van der Waals surface area contributed by atoms with Gasteiger partial charge in [-0.15, -0.1) is 0 Å². The Kier molecular flexibility index (Phi) is 2.05. The van der Waals surface area contributed by atoms with Crippen molar-refractivity contribution in [3.8, 4) is 0 Å². The molecule has 6 heteroatoms. The minimum Gasteiger partial charge on any atom is -0.317 e. The van der Waals surface area contributed by atoms with Gasteiger partial charge in [0.1, 0.15) is 17.8 Å². The molecule has 1 aliphatic carbocycles. The molecule has 6 nitrogen and oxygen atoms in total. The van der Waals surface area contributed by atoms with Gasteiger partial charge < -0.3 is 10.2 Å². The van der Waals surface area contributed by atoms with Crippen molar-refractivity contribution in [3.63, 3.8) is 0 Å². The quantitative estimate of drug-likeness (QED) is 0.838. The molecule has 2 aromatic rings. The van der Waals surface area contributed by atoms with Crippen LogP contribution in [0.1, 0.15) is 23.2 Å². The molecule has 1 saturated carbocycles. The second-order valence-corrected chi connectivity index (χ2v) is 4.69. The number of nitrogens with zero attached hydrogens (tertiary/aromatic N) is 4. The zero-order chi connectivity index (χ0) is 12.8. The van der Waals surface area contributed by atoms with E-state index in [0.717, 1.165) is 18.7 Å². The minimum absolute atomic E-state index is 0.165. The molecule has 1 N–H and O–H groups in total. The van der Waals surface area contributed by atoms with Crippen molar-refractivity contribution in [3.05, 3.63) is 36.4 Å². The number of carbonyl (C=O) groups is 1. The van der Waals surface area contributed by atoms with E-state index in [0.29, 0.717) is 23.1 Å². The average Bonchev–Trinajstić information content (AvgIpc) is 3.26. The first-order valence-corrected chi connectivity index (χ1v) is 6.20. The molecule has 1 fully saturated rings. The molecule has 2 aliphatic rings. The number of rotatable bonds is 1. The lowest BCUT2D eigenvalue weighted by atomic mass is 10.2. The van der Waals surface area contributed by atoms with Crippen molar-refractivity contribution in [1.82, 2.24) is 15.0 Å².